The van der Waals surface area contributed by atoms with E-state index in [1.54, 1.807) is 19.9 Å². The maximum atomic E-state index is 13.4. The molecule has 330 valence electrons. The molecule has 22 heteroatoms. The average molecular weight is 872 g/mol. The molecule has 0 saturated carbocycles. The Morgan fingerprint density at radius 2 is 1.26 bits per heavy atom. The molecule has 0 saturated heterocycles. The Labute approximate surface area is 352 Å². The van der Waals surface area contributed by atoms with Crippen molar-refractivity contribution in [1.29, 1.82) is 10.5 Å². The molecule has 0 amide bonds. The van der Waals surface area contributed by atoms with Crippen LogP contribution in [0.25, 0.3) is 12.2 Å². The van der Waals surface area contributed by atoms with Crippen LogP contribution in [0.2, 0.25) is 0 Å². The zero-order valence-corrected chi connectivity index (χ0v) is 33.3. The van der Waals surface area contributed by atoms with Gasteiger partial charge in [-0.2, -0.15) is 10.5 Å². The summed E-state index contributed by atoms with van der Waals surface area (Å²) in [7, 11) is 0. The molecule has 0 aliphatic rings. The first kappa shape index (κ1) is 50.3. The number of nitro groups is 1. The van der Waals surface area contributed by atoms with Crippen molar-refractivity contribution in [1.82, 2.24) is 0 Å². The van der Waals surface area contributed by atoms with Crippen molar-refractivity contribution in [2.24, 2.45) is 0 Å². The van der Waals surface area contributed by atoms with Crippen LogP contribution in [0.5, 0.6) is 5.75 Å². The molecule has 0 unspecified atom stereocenters. The van der Waals surface area contributed by atoms with Gasteiger partial charge in [-0.3, -0.25) is 10.1 Å². The molecular weight excluding hydrogens is 831 g/mol. The number of nitro benzene ring substituents is 1. The van der Waals surface area contributed by atoms with Crippen LogP contribution in [0.15, 0.2) is 72.9 Å². The molecular formula is C40H40F3N5O14. The van der Waals surface area contributed by atoms with Crippen LogP contribution in [-0.4, -0.2) is 107 Å². The number of nitriles is 2. The zero-order chi connectivity index (χ0) is 46.2. The molecule has 2 rings (SSSR count). The molecule has 0 N–H and O–H groups in total. The molecule has 0 radical (unpaired) electrons. The largest absolute Gasteiger partial charge is 0.573 e. The maximum Gasteiger partial charge on any atom is 0.573 e. The lowest BCUT2D eigenvalue weighted by Crippen LogP contribution is -2.30. The number of alkyl halides is 3. The van der Waals surface area contributed by atoms with Crippen molar-refractivity contribution in [3.05, 3.63) is 94.1 Å². The Morgan fingerprint density at radius 1 is 0.742 bits per heavy atom. The third-order valence-corrected chi connectivity index (χ3v) is 7.80. The van der Waals surface area contributed by atoms with Crippen molar-refractivity contribution < 1.29 is 75.2 Å². The van der Waals surface area contributed by atoms with Gasteiger partial charge in [-0.05, 0) is 49.8 Å². The van der Waals surface area contributed by atoms with Gasteiger partial charge in [0.05, 0.1) is 18.0 Å². The Hall–Kier alpha value is -7.88. The van der Waals surface area contributed by atoms with Crippen molar-refractivity contribution in [3.63, 3.8) is 0 Å². The Balaban J connectivity index is 2.07. The van der Waals surface area contributed by atoms with Crippen LogP contribution in [-0.2, 0) is 47.6 Å². The molecule has 0 fully saturated rings. The number of halogens is 3. The van der Waals surface area contributed by atoms with Gasteiger partial charge in [0.1, 0.15) is 74.4 Å². The number of hydrogen-bond donors (Lipinski definition) is 0. The first-order valence-corrected chi connectivity index (χ1v) is 18.1. The number of rotatable bonds is 24. The second kappa shape index (κ2) is 25.6. The molecule has 0 atom stereocenters. The van der Waals surface area contributed by atoms with Crippen molar-refractivity contribution >= 4 is 59.2 Å². The third-order valence-electron chi connectivity index (χ3n) is 7.80. The SMILES string of the molecule is C=CC(=O)OCCOC(=O)/C(C#N)=C/c1ccc(N(CC)CCOC(=O)OCCN(CC)c2ccc(/C=C(\C#N)C(=O)OCCOC(=O)C=C)c(OC(F)(F)F)c2)c([N+](=O)[O-])c1. The standard InChI is InChI=1S/C40H40F3N5O14/c1-5-35(49)56-17-19-58-37(51)29(25-44)21-27-9-12-32(33(22-27)48(54)55)47(8-4)14-16-61-39(53)60-15-13-46(7-3)31-11-10-28(34(24-31)62-40(41,42)43)23-30(26-45)38(52)59-20-18-57-36(50)6-2/h5-6,9-12,21-24H,1-2,7-8,13-20H2,3-4H3/b29-21+,30-23+. The fourth-order valence-electron chi connectivity index (χ4n) is 4.96. The zero-order valence-electron chi connectivity index (χ0n) is 33.3. The Morgan fingerprint density at radius 3 is 1.74 bits per heavy atom. The van der Waals surface area contributed by atoms with Gasteiger partial charge in [-0.15, -0.1) is 13.2 Å². The lowest BCUT2D eigenvalue weighted by Gasteiger charge is -2.24. The van der Waals surface area contributed by atoms with Gasteiger partial charge < -0.3 is 43.0 Å². The predicted molar refractivity (Wildman–Crippen MR) is 211 cm³/mol. The topological polar surface area (TPSA) is 247 Å². The summed E-state index contributed by atoms with van der Waals surface area (Å²) in [6.45, 7) is 8.09. The van der Waals surface area contributed by atoms with Gasteiger partial charge in [-0.25, -0.2) is 24.0 Å². The molecule has 0 aliphatic carbocycles. The van der Waals surface area contributed by atoms with Gasteiger partial charge in [0, 0.05) is 48.6 Å². The highest BCUT2D eigenvalue weighted by atomic mass is 19.4. The van der Waals surface area contributed by atoms with Crippen molar-refractivity contribution in [2.45, 2.75) is 20.2 Å². The predicted octanol–water partition coefficient (Wildman–Crippen LogP) is 5.36. The summed E-state index contributed by atoms with van der Waals surface area (Å²) < 4.78 is 73.7. The molecule has 2 aromatic rings. The molecule has 19 nitrogen and oxygen atoms in total. The Bertz CT molecular complexity index is 2120. The van der Waals surface area contributed by atoms with Crippen LogP contribution in [0.1, 0.15) is 25.0 Å². The number of nitrogens with zero attached hydrogens (tertiary/aromatic N) is 5. The van der Waals surface area contributed by atoms with Crippen molar-refractivity contribution in [3.8, 4) is 17.9 Å². The van der Waals surface area contributed by atoms with E-state index in [1.807, 2.05) is 0 Å². The third kappa shape index (κ3) is 17.1. The first-order chi connectivity index (χ1) is 29.5. The molecule has 0 aliphatic heterocycles. The monoisotopic (exact) mass is 871 g/mol. The Kier molecular flexibility index (Phi) is 20.7. The minimum absolute atomic E-state index is 0.0336. The van der Waals surface area contributed by atoms with E-state index in [4.69, 9.17) is 18.9 Å². The summed E-state index contributed by atoms with van der Waals surface area (Å²) in [5, 5.41) is 30.9. The van der Waals surface area contributed by atoms with E-state index in [9.17, 15) is 57.8 Å². The molecule has 0 heterocycles. The lowest BCUT2D eigenvalue weighted by molar-refractivity contribution is -0.384. The van der Waals surface area contributed by atoms with E-state index in [-0.39, 0.29) is 81.7 Å². The second-order valence-corrected chi connectivity index (χ2v) is 11.7. The molecule has 2 aromatic carbocycles. The summed E-state index contributed by atoms with van der Waals surface area (Å²) in [6.07, 6.45) is -2.58. The number of ether oxygens (including phenoxy) is 7. The summed E-state index contributed by atoms with van der Waals surface area (Å²) >= 11 is 0. The summed E-state index contributed by atoms with van der Waals surface area (Å²) in [5.74, 6) is -4.55. The fraction of sp³-hybridized carbons (Fsp3) is 0.325. The number of carbonyl (C=O) groups is 5. The summed E-state index contributed by atoms with van der Waals surface area (Å²) in [5.41, 5.74) is -1.44. The lowest BCUT2D eigenvalue weighted by atomic mass is 10.1. The van der Waals surface area contributed by atoms with Crippen LogP contribution >= 0.6 is 0 Å². The van der Waals surface area contributed by atoms with Crippen LogP contribution in [0.3, 0.4) is 0 Å². The normalized spacial score (nSPS) is 11.1. The maximum absolute atomic E-state index is 13.4. The van der Waals surface area contributed by atoms with Gasteiger partial charge >= 0.3 is 36.4 Å². The molecule has 0 aromatic heterocycles. The van der Waals surface area contributed by atoms with Crippen LogP contribution in [0.4, 0.5) is 35.0 Å². The molecule has 0 bridgehead atoms. The van der Waals surface area contributed by atoms with E-state index in [0.717, 1.165) is 42.5 Å². The van der Waals surface area contributed by atoms with E-state index in [0.29, 0.717) is 0 Å². The smallest absolute Gasteiger partial charge is 0.459 e. The van der Waals surface area contributed by atoms with E-state index in [2.05, 4.69) is 27.4 Å². The van der Waals surface area contributed by atoms with Crippen molar-refractivity contribution in [2.75, 3.05) is 75.6 Å². The highest BCUT2D eigenvalue weighted by Gasteiger charge is 2.32. The van der Waals surface area contributed by atoms with Crippen LogP contribution < -0.4 is 14.5 Å². The number of hydrogen-bond acceptors (Lipinski definition) is 18. The number of carbonyl (C=O) groups excluding carboxylic acids is 5. The second-order valence-electron chi connectivity index (χ2n) is 11.7. The van der Waals surface area contributed by atoms with E-state index < -0.39 is 70.5 Å². The first-order valence-electron chi connectivity index (χ1n) is 18.1. The number of benzene rings is 2. The highest BCUT2D eigenvalue weighted by molar-refractivity contribution is 5.99. The average Bonchev–Trinajstić information content (AvgIpc) is 3.24. The molecule has 62 heavy (non-hydrogen) atoms. The molecule has 0 spiro atoms. The number of esters is 4. The van der Waals surface area contributed by atoms with Crippen LogP contribution in [0, 0.1) is 32.8 Å². The van der Waals surface area contributed by atoms with Gasteiger partial charge in [0.2, 0.25) is 0 Å². The quantitative estimate of drug-likeness (QED) is 0.0245. The van der Waals surface area contributed by atoms with Gasteiger partial charge in [-0.1, -0.05) is 19.2 Å². The minimum atomic E-state index is -5.17. The minimum Gasteiger partial charge on any atom is -0.459 e. The van der Waals surface area contributed by atoms with Gasteiger partial charge in [0.15, 0.2) is 0 Å². The summed E-state index contributed by atoms with van der Waals surface area (Å²) in [6, 6.07) is 10.6. The summed E-state index contributed by atoms with van der Waals surface area (Å²) in [4.78, 5) is 73.7. The van der Waals surface area contributed by atoms with Gasteiger partial charge in [0.25, 0.3) is 5.69 Å². The number of anilines is 2. The van der Waals surface area contributed by atoms with E-state index in [1.165, 1.54) is 34.1 Å². The number of likely N-dealkylation sites (N-methyl/N-ethyl adjacent to an activating group) is 2. The van der Waals surface area contributed by atoms with E-state index >= 15 is 0 Å². The fourth-order valence-corrected chi connectivity index (χ4v) is 4.96. The highest BCUT2D eigenvalue weighted by Crippen LogP contribution is 2.33.